The first kappa shape index (κ1) is 11.4. The first-order valence-electron chi connectivity index (χ1n) is 5.45. The molecule has 0 radical (unpaired) electrons. The third-order valence-electron chi connectivity index (χ3n) is 2.82. The third-order valence-corrected chi connectivity index (χ3v) is 2.82. The fourth-order valence-corrected chi connectivity index (χ4v) is 1.87. The van der Waals surface area contributed by atoms with Gasteiger partial charge in [-0.1, -0.05) is 24.3 Å². The molecule has 2 heteroatoms. The van der Waals surface area contributed by atoms with E-state index < -0.39 is 0 Å². The Labute approximate surface area is 101 Å². The van der Waals surface area contributed by atoms with E-state index in [1.165, 1.54) is 0 Å². The Bertz CT molecular complexity index is 544. The number of aldehydes is 1. The van der Waals surface area contributed by atoms with Crippen molar-refractivity contribution in [3.8, 4) is 16.9 Å². The normalized spacial score (nSPS) is 10.0. The number of aryl methyl sites for hydroxylation is 1. The molecule has 2 nitrogen and oxygen atoms in total. The number of hydrogen-bond donors (Lipinski definition) is 0. The molecule has 0 saturated heterocycles. The topological polar surface area (TPSA) is 26.3 Å². The highest BCUT2D eigenvalue weighted by atomic mass is 16.5. The molecule has 17 heavy (non-hydrogen) atoms. The van der Waals surface area contributed by atoms with Gasteiger partial charge in [0.15, 0.2) is 6.29 Å². The Morgan fingerprint density at radius 1 is 1.06 bits per heavy atom. The fraction of sp³-hybridized carbons (Fsp3) is 0.133. The van der Waals surface area contributed by atoms with E-state index in [0.717, 1.165) is 28.7 Å². The van der Waals surface area contributed by atoms with Gasteiger partial charge in [-0.05, 0) is 41.8 Å². The monoisotopic (exact) mass is 226 g/mol. The maximum atomic E-state index is 11.1. The summed E-state index contributed by atoms with van der Waals surface area (Å²) >= 11 is 0. The van der Waals surface area contributed by atoms with Crippen LogP contribution >= 0.6 is 0 Å². The number of ether oxygens (including phenoxy) is 1. The van der Waals surface area contributed by atoms with Crippen LogP contribution in [0, 0.1) is 6.92 Å². The van der Waals surface area contributed by atoms with Crippen molar-refractivity contribution < 1.29 is 9.53 Å². The third kappa shape index (κ3) is 2.21. The van der Waals surface area contributed by atoms with Crippen LogP contribution < -0.4 is 4.74 Å². The van der Waals surface area contributed by atoms with Crippen LogP contribution in [0.15, 0.2) is 42.5 Å². The second kappa shape index (κ2) is 4.83. The predicted octanol–water partition coefficient (Wildman–Crippen LogP) is 3.48. The van der Waals surface area contributed by atoms with Crippen LogP contribution in [-0.4, -0.2) is 13.4 Å². The Morgan fingerprint density at radius 2 is 1.82 bits per heavy atom. The van der Waals surface area contributed by atoms with Gasteiger partial charge in [-0.2, -0.15) is 0 Å². The molecule has 86 valence electrons. The van der Waals surface area contributed by atoms with Crippen LogP contribution in [0.5, 0.6) is 5.75 Å². The predicted molar refractivity (Wildman–Crippen MR) is 68.6 cm³/mol. The first-order valence-corrected chi connectivity index (χ1v) is 5.45. The highest BCUT2D eigenvalue weighted by molar-refractivity contribution is 5.89. The Kier molecular flexibility index (Phi) is 3.24. The quantitative estimate of drug-likeness (QED) is 0.749. The molecule has 2 aromatic carbocycles. The molecule has 0 saturated carbocycles. The molecular formula is C15H14O2. The van der Waals surface area contributed by atoms with Gasteiger partial charge in [0.05, 0.1) is 7.11 Å². The van der Waals surface area contributed by atoms with Crippen LogP contribution in [0.4, 0.5) is 0 Å². The molecule has 0 aromatic heterocycles. The molecule has 2 aromatic rings. The van der Waals surface area contributed by atoms with Gasteiger partial charge >= 0.3 is 0 Å². The van der Waals surface area contributed by atoms with Gasteiger partial charge < -0.3 is 4.74 Å². The number of carbonyl (C=O) groups excluding carboxylic acids is 1. The molecule has 0 spiro atoms. The summed E-state index contributed by atoms with van der Waals surface area (Å²) < 4.78 is 5.20. The highest BCUT2D eigenvalue weighted by Gasteiger charge is 2.08. The molecule has 0 N–H and O–H groups in total. The van der Waals surface area contributed by atoms with Crippen molar-refractivity contribution in [1.29, 1.82) is 0 Å². The molecular weight excluding hydrogens is 212 g/mol. The summed E-state index contributed by atoms with van der Waals surface area (Å²) in [6.45, 7) is 2.03. The largest absolute Gasteiger partial charge is 0.497 e. The number of rotatable bonds is 3. The average molecular weight is 226 g/mol. The van der Waals surface area contributed by atoms with E-state index in [0.29, 0.717) is 5.56 Å². The van der Waals surface area contributed by atoms with E-state index >= 15 is 0 Å². The van der Waals surface area contributed by atoms with E-state index in [4.69, 9.17) is 4.74 Å². The minimum absolute atomic E-state index is 0.681. The lowest BCUT2D eigenvalue weighted by Crippen LogP contribution is -1.92. The van der Waals surface area contributed by atoms with Gasteiger partial charge in [0.2, 0.25) is 0 Å². The first-order chi connectivity index (χ1) is 8.26. The molecule has 0 unspecified atom stereocenters. The zero-order valence-electron chi connectivity index (χ0n) is 9.94. The number of benzene rings is 2. The zero-order valence-corrected chi connectivity index (χ0v) is 9.94. The molecule has 0 fully saturated rings. The lowest BCUT2D eigenvalue weighted by atomic mass is 9.96. The van der Waals surface area contributed by atoms with Gasteiger partial charge in [-0.3, -0.25) is 4.79 Å². The van der Waals surface area contributed by atoms with Crippen molar-refractivity contribution in [2.24, 2.45) is 0 Å². The average Bonchev–Trinajstić information content (AvgIpc) is 2.38. The second-order valence-electron chi connectivity index (χ2n) is 3.89. The van der Waals surface area contributed by atoms with Crippen molar-refractivity contribution in [2.75, 3.05) is 7.11 Å². The zero-order chi connectivity index (χ0) is 12.3. The second-order valence-corrected chi connectivity index (χ2v) is 3.89. The summed E-state index contributed by atoms with van der Waals surface area (Å²) in [4.78, 5) is 11.1. The Hall–Kier alpha value is -2.09. The van der Waals surface area contributed by atoms with Crippen LogP contribution in [0.2, 0.25) is 0 Å². The van der Waals surface area contributed by atoms with E-state index in [2.05, 4.69) is 0 Å². The fourth-order valence-electron chi connectivity index (χ4n) is 1.87. The van der Waals surface area contributed by atoms with Crippen LogP contribution in [0.1, 0.15) is 15.9 Å². The lowest BCUT2D eigenvalue weighted by molar-refractivity contribution is 0.112. The molecule has 2 rings (SSSR count). The summed E-state index contributed by atoms with van der Waals surface area (Å²) in [5.74, 6) is 0.758. The van der Waals surface area contributed by atoms with Crippen molar-refractivity contribution in [3.05, 3.63) is 53.6 Å². The highest BCUT2D eigenvalue weighted by Crippen LogP contribution is 2.29. The van der Waals surface area contributed by atoms with Crippen molar-refractivity contribution in [1.82, 2.24) is 0 Å². The SMILES string of the molecule is COc1ccc(C=O)c(-c2ccccc2C)c1. The van der Waals surface area contributed by atoms with Gasteiger partial charge in [0, 0.05) is 5.56 Å². The molecule has 0 aliphatic rings. The number of hydrogen-bond acceptors (Lipinski definition) is 2. The molecule has 0 heterocycles. The Balaban J connectivity index is 2.64. The Morgan fingerprint density at radius 3 is 2.47 bits per heavy atom. The maximum Gasteiger partial charge on any atom is 0.150 e. The van der Waals surface area contributed by atoms with Crippen molar-refractivity contribution in [2.45, 2.75) is 6.92 Å². The maximum absolute atomic E-state index is 11.1. The summed E-state index contributed by atoms with van der Waals surface area (Å²) in [5, 5.41) is 0. The smallest absolute Gasteiger partial charge is 0.150 e. The van der Waals surface area contributed by atoms with Crippen molar-refractivity contribution in [3.63, 3.8) is 0 Å². The summed E-state index contributed by atoms with van der Waals surface area (Å²) in [6.07, 6.45) is 0.876. The van der Waals surface area contributed by atoms with Crippen LogP contribution in [0.25, 0.3) is 11.1 Å². The summed E-state index contributed by atoms with van der Waals surface area (Å²) in [7, 11) is 1.62. The molecule has 0 aliphatic carbocycles. The lowest BCUT2D eigenvalue weighted by Gasteiger charge is -2.10. The number of methoxy groups -OCH3 is 1. The van der Waals surface area contributed by atoms with Gasteiger partial charge in [-0.15, -0.1) is 0 Å². The van der Waals surface area contributed by atoms with Crippen LogP contribution in [0.3, 0.4) is 0 Å². The minimum Gasteiger partial charge on any atom is -0.497 e. The van der Waals surface area contributed by atoms with E-state index in [1.807, 2.05) is 37.3 Å². The standard InChI is InChI=1S/C15H14O2/c1-11-5-3-4-6-14(11)15-9-13(17-2)8-7-12(15)10-16/h3-10H,1-2H3. The van der Waals surface area contributed by atoms with Gasteiger partial charge in [0.25, 0.3) is 0 Å². The van der Waals surface area contributed by atoms with Gasteiger partial charge in [-0.25, -0.2) is 0 Å². The van der Waals surface area contributed by atoms with Crippen LogP contribution in [-0.2, 0) is 0 Å². The molecule has 0 aliphatic heterocycles. The minimum atomic E-state index is 0.681. The molecule has 0 bridgehead atoms. The van der Waals surface area contributed by atoms with E-state index in [9.17, 15) is 4.79 Å². The van der Waals surface area contributed by atoms with Crippen molar-refractivity contribution >= 4 is 6.29 Å². The summed E-state index contributed by atoms with van der Waals surface area (Å²) in [5.41, 5.74) is 3.80. The summed E-state index contributed by atoms with van der Waals surface area (Å²) in [6, 6.07) is 13.5. The molecule has 0 amide bonds. The number of carbonyl (C=O) groups is 1. The van der Waals surface area contributed by atoms with E-state index in [1.54, 1.807) is 19.2 Å². The van der Waals surface area contributed by atoms with Gasteiger partial charge in [0.1, 0.15) is 5.75 Å². The van der Waals surface area contributed by atoms with E-state index in [-0.39, 0.29) is 0 Å². The molecule has 0 atom stereocenters.